The lowest BCUT2D eigenvalue weighted by Crippen LogP contribution is -2.43. The van der Waals surface area contributed by atoms with E-state index >= 15 is 0 Å². The number of nitrogens with one attached hydrogen (secondary N) is 1. The zero-order chi connectivity index (χ0) is 15.0. The molecule has 4 nitrogen and oxygen atoms in total. The number of hydrogen-bond acceptors (Lipinski definition) is 5. The number of carbonyl (C=O) groups excluding carboxylic acids is 1. The minimum absolute atomic E-state index is 0.198. The van der Waals surface area contributed by atoms with E-state index < -0.39 is 0 Å². The number of esters is 1. The van der Waals surface area contributed by atoms with E-state index in [9.17, 15) is 4.79 Å². The van der Waals surface area contributed by atoms with E-state index in [2.05, 4.69) is 5.32 Å². The van der Waals surface area contributed by atoms with Gasteiger partial charge in [-0.3, -0.25) is 4.79 Å². The summed E-state index contributed by atoms with van der Waals surface area (Å²) in [5.74, 6) is 1.25. The summed E-state index contributed by atoms with van der Waals surface area (Å²) >= 11 is 1.61. The van der Waals surface area contributed by atoms with Gasteiger partial charge in [-0.2, -0.15) is 0 Å². The summed E-state index contributed by atoms with van der Waals surface area (Å²) in [4.78, 5) is 13.0. The number of thioether (sulfide) groups is 1. The molecule has 0 saturated carbocycles. The van der Waals surface area contributed by atoms with Crippen molar-refractivity contribution in [3.05, 3.63) is 24.3 Å². The van der Waals surface area contributed by atoms with Gasteiger partial charge in [0.2, 0.25) is 0 Å². The average molecular weight is 297 g/mol. The molecule has 5 heteroatoms. The minimum atomic E-state index is -0.300. The van der Waals surface area contributed by atoms with Gasteiger partial charge in [-0.25, -0.2) is 0 Å². The molecule has 0 aliphatic carbocycles. The van der Waals surface area contributed by atoms with Crippen molar-refractivity contribution < 1.29 is 14.3 Å². The first-order valence-electron chi connectivity index (χ1n) is 6.76. The highest BCUT2D eigenvalue weighted by molar-refractivity contribution is 7.99. The number of methoxy groups -OCH3 is 1. The fourth-order valence-electron chi connectivity index (χ4n) is 1.70. The predicted octanol–water partition coefficient (Wildman–Crippen LogP) is 2.72. The molecular formula is C15H23NO3S. The highest BCUT2D eigenvalue weighted by Gasteiger charge is 2.20. The Hall–Kier alpha value is -1.20. The van der Waals surface area contributed by atoms with Crippen LogP contribution in [0.1, 0.15) is 20.8 Å². The largest absolute Gasteiger partial charge is 0.497 e. The maximum absolute atomic E-state index is 11.9. The van der Waals surface area contributed by atoms with Crippen LogP contribution < -0.4 is 10.1 Å². The summed E-state index contributed by atoms with van der Waals surface area (Å²) in [5.41, 5.74) is 0. The monoisotopic (exact) mass is 297 g/mol. The van der Waals surface area contributed by atoms with Crippen LogP contribution in [0, 0.1) is 0 Å². The second kappa shape index (κ2) is 8.87. The molecule has 0 bridgehead atoms. The molecule has 0 radical (unpaired) electrons. The van der Waals surface area contributed by atoms with Gasteiger partial charge < -0.3 is 14.8 Å². The summed E-state index contributed by atoms with van der Waals surface area (Å²) < 4.78 is 10.3. The van der Waals surface area contributed by atoms with Gasteiger partial charge in [-0.15, -0.1) is 11.8 Å². The van der Waals surface area contributed by atoms with Gasteiger partial charge in [-0.1, -0.05) is 19.9 Å². The summed E-state index contributed by atoms with van der Waals surface area (Å²) in [5, 5.41) is 3.24. The summed E-state index contributed by atoms with van der Waals surface area (Å²) in [7, 11) is 1.64. The zero-order valence-electron chi connectivity index (χ0n) is 12.5. The Bertz CT molecular complexity index is 423. The smallest absolute Gasteiger partial charge is 0.324 e. The third-order valence-corrected chi connectivity index (χ3v) is 3.65. The molecule has 0 aliphatic heterocycles. The maximum atomic E-state index is 11.9. The molecular weight excluding hydrogens is 274 g/mol. The highest BCUT2D eigenvalue weighted by Crippen LogP contribution is 2.23. The van der Waals surface area contributed by atoms with Crippen LogP contribution in [-0.4, -0.2) is 37.5 Å². The Morgan fingerprint density at radius 3 is 2.75 bits per heavy atom. The van der Waals surface area contributed by atoms with Crippen molar-refractivity contribution in [2.75, 3.05) is 19.5 Å². The van der Waals surface area contributed by atoms with E-state index in [4.69, 9.17) is 9.47 Å². The Balaban J connectivity index is 2.62. The molecule has 0 heterocycles. The fourth-order valence-corrected chi connectivity index (χ4v) is 2.67. The van der Waals surface area contributed by atoms with Crippen LogP contribution in [0.3, 0.4) is 0 Å². The number of ether oxygens (including phenoxy) is 2. The number of benzene rings is 1. The molecule has 1 aromatic rings. The summed E-state index contributed by atoms with van der Waals surface area (Å²) in [6.07, 6.45) is 0. The summed E-state index contributed by atoms with van der Waals surface area (Å²) in [6, 6.07) is 7.74. The Morgan fingerprint density at radius 1 is 1.40 bits per heavy atom. The lowest BCUT2D eigenvalue weighted by atomic mass is 10.3. The average Bonchev–Trinajstić information content (AvgIpc) is 2.43. The molecule has 1 aromatic carbocycles. The van der Waals surface area contributed by atoms with Crippen LogP contribution in [0.15, 0.2) is 29.2 Å². The molecule has 20 heavy (non-hydrogen) atoms. The molecule has 1 N–H and O–H groups in total. The second-order valence-corrected chi connectivity index (χ2v) is 5.71. The van der Waals surface area contributed by atoms with Crippen molar-refractivity contribution >= 4 is 17.7 Å². The topological polar surface area (TPSA) is 47.6 Å². The quantitative estimate of drug-likeness (QED) is 0.590. The number of rotatable bonds is 8. The fraction of sp³-hybridized carbons (Fsp3) is 0.533. The van der Waals surface area contributed by atoms with Crippen molar-refractivity contribution in [2.45, 2.75) is 37.8 Å². The van der Waals surface area contributed by atoms with E-state index in [1.807, 2.05) is 45.0 Å². The first-order valence-corrected chi connectivity index (χ1v) is 7.75. The lowest BCUT2D eigenvalue weighted by molar-refractivity contribution is -0.145. The van der Waals surface area contributed by atoms with Crippen molar-refractivity contribution in [1.29, 1.82) is 0 Å². The van der Waals surface area contributed by atoms with E-state index in [1.54, 1.807) is 18.9 Å². The predicted molar refractivity (Wildman–Crippen MR) is 82.4 cm³/mol. The van der Waals surface area contributed by atoms with Gasteiger partial charge in [0.05, 0.1) is 13.7 Å². The SMILES string of the molecule is CCOC(=O)C(CSc1cccc(OC)c1)NC(C)C. The Labute approximate surface area is 125 Å². The first-order chi connectivity index (χ1) is 9.56. The van der Waals surface area contributed by atoms with Gasteiger partial charge in [-0.05, 0) is 25.1 Å². The second-order valence-electron chi connectivity index (χ2n) is 4.62. The third-order valence-electron chi connectivity index (χ3n) is 2.56. The first kappa shape index (κ1) is 16.9. The van der Waals surface area contributed by atoms with E-state index in [0.29, 0.717) is 12.4 Å². The third kappa shape index (κ3) is 5.84. The van der Waals surface area contributed by atoms with Crippen LogP contribution in [-0.2, 0) is 9.53 Å². The molecule has 0 amide bonds. The lowest BCUT2D eigenvalue weighted by Gasteiger charge is -2.19. The molecule has 0 fully saturated rings. The molecule has 1 atom stereocenters. The van der Waals surface area contributed by atoms with Gasteiger partial charge in [0.1, 0.15) is 11.8 Å². The number of carbonyl (C=O) groups is 1. The standard InChI is InChI=1S/C15H23NO3S/c1-5-19-15(17)14(16-11(2)3)10-20-13-8-6-7-12(9-13)18-4/h6-9,11,14,16H,5,10H2,1-4H3. The van der Waals surface area contributed by atoms with Crippen LogP contribution >= 0.6 is 11.8 Å². The van der Waals surface area contributed by atoms with Gasteiger partial charge >= 0.3 is 5.97 Å². The minimum Gasteiger partial charge on any atom is -0.497 e. The van der Waals surface area contributed by atoms with Gasteiger partial charge in [0, 0.05) is 16.7 Å². The molecule has 112 valence electrons. The normalized spacial score (nSPS) is 12.2. The van der Waals surface area contributed by atoms with Gasteiger partial charge in [0.15, 0.2) is 0 Å². The van der Waals surface area contributed by atoms with Crippen molar-refractivity contribution in [1.82, 2.24) is 5.32 Å². The van der Waals surface area contributed by atoms with Crippen molar-refractivity contribution in [3.63, 3.8) is 0 Å². The van der Waals surface area contributed by atoms with E-state index in [0.717, 1.165) is 10.6 Å². The highest BCUT2D eigenvalue weighted by atomic mass is 32.2. The van der Waals surface area contributed by atoms with Crippen molar-refractivity contribution in [3.8, 4) is 5.75 Å². The van der Waals surface area contributed by atoms with Crippen LogP contribution in [0.4, 0.5) is 0 Å². The molecule has 0 aromatic heterocycles. The molecule has 1 rings (SSSR count). The maximum Gasteiger partial charge on any atom is 0.324 e. The Kier molecular flexibility index (Phi) is 7.47. The molecule has 1 unspecified atom stereocenters. The Morgan fingerprint density at radius 2 is 2.15 bits per heavy atom. The summed E-state index contributed by atoms with van der Waals surface area (Å²) in [6.45, 7) is 6.25. The van der Waals surface area contributed by atoms with Crippen LogP contribution in [0.25, 0.3) is 0 Å². The van der Waals surface area contributed by atoms with Crippen LogP contribution in [0.2, 0.25) is 0 Å². The van der Waals surface area contributed by atoms with E-state index in [1.165, 1.54) is 0 Å². The zero-order valence-corrected chi connectivity index (χ0v) is 13.3. The molecule has 0 spiro atoms. The molecule has 0 saturated heterocycles. The van der Waals surface area contributed by atoms with Gasteiger partial charge in [0.25, 0.3) is 0 Å². The number of hydrogen-bond donors (Lipinski definition) is 1. The van der Waals surface area contributed by atoms with Crippen LogP contribution in [0.5, 0.6) is 5.75 Å². The van der Waals surface area contributed by atoms with E-state index in [-0.39, 0.29) is 18.1 Å². The molecule has 0 aliphatic rings. The van der Waals surface area contributed by atoms with Crippen molar-refractivity contribution in [2.24, 2.45) is 0 Å².